The number of allylic oxidation sites excluding steroid dienone is 8. The molecule has 0 fully saturated rings. The van der Waals surface area contributed by atoms with Crippen LogP contribution in [0.2, 0.25) is 0 Å². The van der Waals surface area contributed by atoms with E-state index < -0.39 is 28.0 Å². The molecule has 7 heteroatoms. The monoisotopic (exact) mass is 581 g/mol. The zero-order chi connectivity index (χ0) is 29.7. The molecule has 0 aromatic carbocycles. The zero-order valence-corrected chi connectivity index (χ0v) is 26.3. The van der Waals surface area contributed by atoms with Gasteiger partial charge in [0.15, 0.2) is 0 Å². The van der Waals surface area contributed by atoms with Crippen LogP contribution in [0.5, 0.6) is 0 Å². The van der Waals surface area contributed by atoms with Crippen LogP contribution in [-0.4, -0.2) is 41.9 Å². The number of amides is 1. The van der Waals surface area contributed by atoms with Crippen molar-refractivity contribution in [2.75, 3.05) is 5.75 Å². The van der Waals surface area contributed by atoms with Gasteiger partial charge in [0.25, 0.3) is 10.1 Å². The number of carbonyl (C=O) groups excluding carboxylic acids is 1. The van der Waals surface area contributed by atoms with Crippen LogP contribution in [0.15, 0.2) is 48.6 Å². The fourth-order valence-corrected chi connectivity index (χ4v) is 5.22. The molecular formula is C33H59NO5S. The third-order valence-corrected chi connectivity index (χ3v) is 7.59. The molecule has 0 aliphatic carbocycles. The smallest absolute Gasteiger partial charge is 0.266 e. The topological polar surface area (TPSA) is 104 Å². The summed E-state index contributed by atoms with van der Waals surface area (Å²) in [5.41, 5.74) is 0. The van der Waals surface area contributed by atoms with Gasteiger partial charge in [-0.15, -0.1) is 0 Å². The van der Waals surface area contributed by atoms with Crippen LogP contribution in [0.4, 0.5) is 0 Å². The Bertz CT molecular complexity index is 817. The minimum atomic E-state index is -4.32. The molecule has 3 N–H and O–H groups in total. The highest BCUT2D eigenvalue weighted by molar-refractivity contribution is 7.85. The lowest BCUT2D eigenvalue weighted by Crippen LogP contribution is -2.47. The van der Waals surface area contributed by atoms with Gasteiger partial charge in [-0.05, 0) is 38.5 Å². The second-order valence-electron chi connectivity index (χ2n) is 10.7. The Balaban J connectivity index is 4.15. The number of hydrogen-bond acceptors (Lipinski definition) is 4. The molecule has 0 saturated heterocycles. The molecule has 6 nitrogen and oxygen atoms in total. The van der Waals surface area contributed by atoms with Gasteiger partial charge in [0, 0.05) is 6.42 Å². The highest BCUT2D eigenvalue weighted by Gasteiger charge is 2.25. The third-order valence-electron chi connectivity index (χ3n) is 6.81. The Hall–Kier alpha value is -1.70. The first-order chi connectivity index (χ1) is 19.3. The summed E-state index contributed by atoms with van der Waals surface area (Å²) in [7, 11) is -4.32. The lowest BCUT2D eigenvalue weighted by atomic mass is 10.0. The fraction of sp³-hybridized carbons (Fsp3) is 0.727. The molecule has 0 aromatic heterocycles. The molecule has 0 aliphatic rings. The van der Waals surface area contributed by atoms with Crippen LogP contribution < -0.4 is 5.32 Å². The molecule has 0 aromatic rings. The van der Waals surface area contributed by atoms with Crippen molar-refractivity contribution in [3.63, 3.8) is 0 Å². The standard InChI is InChI=1S/C33H59NO5S/c1-3-5-7-9-11-13-15-17-19-21-23-25-27-29-33(36)34-31(30-40(37,38)39)32(35)28-26-24-22-20-18-16-14-12-10-8-6-4-2/h5,7,11,13,17,19,23,25,31-32,35H,3-4,6,8-10,12,14-16,18,20-22,24,26-30H2,1-2H3,(H,34,36)(H,37,38,39)/b7-5-,13-11-,19-17-,25-23-. The van der Waals surface area contributed by atoms with Gasteiger partial charge in [0.05, 0.1) is 17.9 Å². The second-order valence-corrected chi connectivity index (χ2v) is 12.2. The van der Waals surface area contributed by atoms with Crippen molar-refractivity contribution >= 4 is 16.0 Å². The van der Waals surface area contributed by atoms with Crippen LogP contribution in [0.3, 0.4) is 0 Å². The number of nitrogens with one attached hydrogen (secondary N) is 1. The summed E-state index contributed by atoms with van der Waals surface area (Å²) in [6.07, 6.45) is 35.0. The summed E-state index contributed by atoms with van der Waals surface area (Å²) in [4.78, 5) is 12.4. The van der Waals surface area contributed by atoms with Crippen LogP contribution in [0, 0.1) is 0 Å². The van der Waals surface area contributed by atoms with E-state index in [4.69, 9.17) is 0 Å². The summed E-state index contributed by atoms with van der Waals surface area (Å²) in [5.74, 6) is -1.01. The summed E-state index contributed by atoms with van der Waals surface area (Å²) >= 11 is 0. The fourth-order valence-electron chi connectivity index (χ4n) is 4.46. The van der Waals surface area contributed by atoms with Gasteiger partial charge in [-0.3, -0.25) is 9.35 Å². The van der Waals surface area contributed by atoms with E-state index in [1.807, 2.05) is 12.2 Å². The van der Waals surface area contributed by atoms with E-state index in [2.05, 4.69) is 55.6 Å². The van der Waals surface area contributed by atoms with Crippen molar-refractivity contribution in [1.82, 2.24) is 5.32 Å². The molecule has 40 heavy (non-hydrogen) atoms. The first kappa shape index (κ1) is 38.3. The maximum Gasteiger partial charge on any atom is 0.266 e. The molecule has 0 bridgehead atoms. The number of unbranched alkanes of at least 4 members (excludes halogenated alkanes) is 11. The average Bonchev–Trinajstić information content (AvgIpc) is 2.90. The van der Waals surface area contributed by atoms with Crippen molar-refractivity contribution < 1.29 is 22.9 Å². The molecular weight excluding hydrogens is 522 g/mol. The number of aliphatic hydroxyl groups excluding tert-OH is 1. The predicted molar refractivity (Wildman–Crippen MR) is 170 cm³/mol. The second kappa shape index (κ2) is 27.5. The number of rotatable bonds is 27. The lowest BCUT2D eigenvalue weighted by Gasteiger charge is -2.23. The predicted octanol–water partition coefficient (Wildman–Crippen LogP) is 8.40. The van der Waals surface area contributed by atoms with Crippen molar-refractivity contribution in [2.45, 2.75) is 148 Å². The van der Waals surface area contributed by atoms with Gasteiger partial charge in [0.1, 0.15) is 0 Å². The Labute approximate surface area is 246 Å². The molecule has 0 spiro atoms. The van der Waals surface area contributed by atoms with Gasteiger partial charge in [0.2, 0.25) is 5.91 Å². The Kier molecular flexibility index (Phi) is 26.3. The Morgan fingerprint density at radius 1 is 0.700 bits per heavy atom. The van der Waals surface area contributed by atoms with E-state index in [1.54, 1.807) is 0 Å². The molecule has 0 rings (SSSR count). The van der Waals surface area contributed by atoms with Crippen LogP contribution >= 0.6 is 0 Å². The SMILES string of the molecule is CC/C=C\C/C=C\C/C=C\C/C=C\CCC(=O)NC(CS(=O)(=O)O)C(O)CCCCCCCCCCCCCC. The summed E-state index contributed by atoms with van der Waals surface area (Å²) in [6, 6.07) is -1.01. The summed E-state index contributed by atoms with van der Waals surface area (Å²) in [5, 5.41) is 13.2. The molecule has 0 heterocycles. The van der Waals surface area contributed by atoms with Gasteiger partial charge < -0.3 is 10.4 Å². The largest absolute Gasteiger partial charge is 0.391 e. The molecule has 2 atom stereocenters. The number of aliphatic hydroxyl groups is 1. The summed E-state index contributed by atoms with van der Waals surface area (Å²) in [6.45, 7) is 4.36. The van der Waals surface area contributed by atoms with Crippen LogP contribution in [-0.2, 0) is 14.9 Å². The van der Waals surface area contributed by atoms with E-state index >= 15 is 0 Å². The van der Waals surface area contributed by atoms with E-state index in [0.29, 0.717) is 12.8 Å². The minimum absolute atomic E-state index is 0.196. The molecule has 0 aliphatic heterocycles. The molecule has 0 radical (unpaired) electrons. The maximum atomic E-state index is 12.4. The number of hydrogen-bond donors (Lipinski definition) is 3. The first-order valence-corrected chi connectivity index (χ1v) is 17.4. The lowest BCUT2D eigenvalue weighted by molar-refractivity contribution is -0.122. The molecule has 1 amide bonds. The molecule has 0 saturated carbocycles. The third kappa shape index (κ3) is 27.9. The summed E-state index contributed by atoms with van der Waals surface area (Å²) < 4.78 is 32.2. The Morgan fingerprint density at radius 3 is 1.62 bits per heavy atom. The van der Waals surface area contributed by atoms with Gasteiger partial charge >= 0.3 is 0 Å². The van der Waals surface area contributed by atoms with E-state index in [0.717, 1.165) is 44.9 Å². The van der Waals surface area contributed by atoms with Crippen molar-refractivity contribution in [1.29, 1.82) is 0 Å². The van der Waals surface area contributed by atoms with Crippen LogP contribution in [0.25, 0.3) is 0 Å². The van der Waals surface area contributed by atoms with Crippen LogP contribution in [0.1, 0.15) is 136 Å². The normalized spacial score (nSPS) is 14.2. The van der Waals surface area contributed by atoms with Gasteiger partial charge in [-0.1, -0.05) is 140 Å². The van der Waals surface area contributed by atoms with E-state index in [9.17, 15) is 22.9 Å². The first-order valence-electron chi connectivity index (χ1n) is 15.8. The zero-order valence-electron chi connectivity index (χ0n) is 25.4. The van der Waals surface area contributed by atoms with Crippen molar-refractivity contribution in [2.24, 2.45) is 0 Å². The average molecular weight is 582 g/mol. The minimum Gasteiger partial charge on any atom is -0.391 e. The van der Waals surface area contributed by atoms with E-state index in [1.165, 1.54) is 57.8 Å². The molecule has 232 valence electrons. The molecule has 2 unspecified atom stereocenters. The highest BCUT2D eigenvalue weighted by atomic mass is 32.2. The van der Waals surface area contributed by atoms with Crippen molar-refractivity contribution in [3.05, 3.63) is 48.6 Å². The van der Waals surface area contributed by atoms with E-state index in [-0.39, 0.29) is 12.3 Å². The van der Waals surface area contributed by atoms with Crippen molar-refractivity contribution in [3.8, 4) is 0 Å². The highest BCUT2D eigenvalue weighted by Crippen LogP contribution is 2.14. The Morgan fingerprint density at radius 2 is 1.15 bits per heavy atom. The quantitative estimate of drug-likeness (QED) is 0.0513. The number of carbonyl (C=O) groups is 1. The van der Waals surface area contributed by atoms with Gasteiger partial charge in [-0.2, -0.15) is 8.42 Å². The van der Waals surface area contributed by atoms with Gasteiger partial charge in [-0.25, -0.2) is 0 Å². The maximum absolute atomic E-state index is 12.4.